The number of aromatic hydroxyl groups is 2. The van der Waals surface area contributed by atoms with Crippen LogP contribution < -0.4 is 10.5 Å². The minimum atomic E-state index is -3.82. The lowest BCUT2D eigenvalue weighted by atomic mass is 9.83. The van der Waals surface area contributed by atoms with E-state index in [-0.39, 0.29) is 17.7 Å². The van der Waals surface area contributed by atoms with Gasteiger partial charge in [0.25, 0.3) is 0 Å². The van der Waals surface area contributed by atoms with E-state index in [0.29, 0.717) is 29.5 Å². The van der Waals surface area contributed by atoms with Crippen LogP contribution in [0.25, 0.3) is 11.1 Å². The summed E-state index contributed by atoms with van der Waals surface area (Å²) >= 11 is 0. The van der Waals surface area contributed by atoms with Gasteiger partial charge in [-0.2, -0.15) is 0 Å². The van der Waals surface area contributed by atoms with Crippen molar-refractivity contribution in [1.82, 2.24) is 0 Å². The van der Waals surface area contributed by atoms with Crippen LogP contribution in [0.1, 0.15) is 35.2 Å². The van der Waals surface area contributed by atoms with Crippen molar-refractivity contribution in [1.29, 1.82) is 0 Å². The molecule has 1 unspecified atom stereocenters. The molecule has 0 aromatic heterocycles. The Bertz CT molecular complexity index is 1310. The van der Waals surface area contributed by atoms with Crippen LogP contribution in [0.3, 0.4) is 0 Å². The second-order valence-corrected chi connectivity index (χ2v) is 9.87. The van der Waals surface area contributed by atoms with Gasteiger partial charge >= 0.3 is 5.97 Å². The molecule has 0 radical (unpaired) electrons. The molecule has 0 heterocycles. The lowest BCUT2D eigenvalue weighted by Crippen LogP contribution is -2.18. The zero-order valence-electron chi connectivity index (χ0n) is 18.9. The summed E-state index contributed by atoms with van der Waals surface area (Å²) in [6, 6.07) is 15.2. The number of aliphatic carboxylic acids is 1. The number of aryl methyl sites for hydroxylation is 1. The standard InChI is InChI=1S/C25H28N2O6S/c1-3-16-9-10-17(14-21(29)30)22(23(16)19(26)13-15-7-5-4-6-8-15)18-11-12-20(28)24(25(18)31)27-34(2,32)33/h4-12,19,27-28,31H,3,13-14,26H2,1-2H3,(H,29,30). The molecule has 0 saturated carbocycles. The number of phenolic OH excluding ortho intramolecular Hbond substituents is 2. The van der Waals surface area contributed by atoms with Crippen LogP contribution in [0.5, 0.6) is 11.5 Å². The smallest absolute Gasteiger partial charge is 0.307 e. The number of rotatable bonds is 9. The Labute approximate surface area is 198 Å². The van der Waals surface area contributed by atoms with Gasteiger partial charge in [-0.3, -0.25) is 9.52 Å². The van der Waals surface area contributed by atoms with Crippen molar-refractivity contribution < 1.29 is 28.5 Å². The summed E-state index contributed by atoms with van der Waals surface area (Å²) in [7, 11) is -3.82. The molecule has 0 aliphatic carbocycles. The largest absolute Gasteiger partial charge is 0.506 e. The molecule has 0 spiro atoms. The molecule has 6 N–H and O–H groups in total. The SMILES string of the molecule is CCc1ccc(CC(=O)O)c(-c2ccc(O)c(NS(C)(=O)=O)c2O)c1C(N)Cc1ccccc1. The number of sulfonamides is 1. The Morgan fingerprint density at radius 1 is 1.03 bits per heavy atom. The number of phenols is 2. The van der Waals surface area contributed by atoms with Gasteiger partial charge in [0.15, 0.2) is 5.75 Å². The molecule has 9 heteroatoms. The van der Waals surface area contributed by atoms with Gasteiger partial charge in [0.2, 0.25) is 10.0 Å². The van der Waals surface area contributed by atoms with Crippen LogP contribution in [0.2, 0.25) is 0 Å². The summed E-state index contributed by atoms with van der Waals surface area (Å²) in [5.74, 6) is -2.05. The molecule has 1 atom stereocenters. The van der Waals surface area contributed by atoms with Crippen molar-refractivity contribution in [2.45, 2.75) is 32.2 Å². The van der Waals surface area contributed by atoms with Crippen LogP contribution in [0.15, 0.2) is 54.6 Å². The van der Waals surface area contributed by atoms with Crippen LogP contribution in [-0.4, -0.2) is 36.0 Å². The summed E-state index contributed by atoms with van der Waals surface area (Å²) in [5, 5.41) is 30.8. The number of hydrogen-bond donors (Lipinski definition) is 5. The van der Waals surface area contributed by atoms with Crippen molar-refractivity contribution in [3.63, 3.8) is 0 Å². The van der Waals surface area contributed by atoms with Crippen LogP contribution in [0, 0.1) is 0 Å². The van der Waals surface area contributed by atoms with E-state index in [1.807, 2.05) is 43.3 Å². The van der Waals surface area contributed by atoms with Gasteiger partial charge in [-0.25, -0.2) is 8.42 Å². The highest BCUT2D eigenvalue weighted by Crippen LogP contribution is 2.46. The Morgan fingerprint density at radius 2 is 1.68 bits per heavy atom. The van der Waals surface area contributed by atoms with Gasteiger partial charge < -0.3 is 21.1 Å². The highest BCUT2D eigenvalue weighted by molar-refractivity contribution is 7.92. The third-order valence-electron chi connectivity index (χ3n) is 5.53. The van der Waals surface area contributed by atoms with Crippen molar-refractivity contribution in [3.8, 4) is 22.6 Å². The number of hydrogen-bond acceptors (Lipinski definition) is 6. The Balaban J connectivity index is 2.30. The third-order valence-corrected chi connectivity index (χ3v) is 6.10. The minimum absolute atomic E-state index is 0.175. The molecule has 3 aromatic rings. The quantitative estimate of drug-likeness (QED) is 0.291. The highest BCUT2D eigenvalue weighted by atomic mass is 32.2. The molecule has 0 bridgehead atoms. The van der Waals surface area contributed by atoms with Crippen LogP contribution in [0.4, 0.5) is 5.69 Å². The molecule has 34 heavy (non-hydrogen) atoms. The predicted octanol–water partition coefficient (Wildman–Crippen LogP) is 3.57. The second-order valence-electron chi connectivity index (χ2n) is 8.12. The summed E-state index contributed by atoms with van der Waals surface area (Å²) < 4.78 is 25.8. The van der Waals surface area contributed by atoms with E-state index in [1.165, 1.54) is 12.1 Å². The predicted molar refractivity (Wildman–Crippen MR) is 131 cm³/mol. The van der Waals surface area contributed by atoms with Crippen molar-refractivity contribution in [3.05, 3.63) is 76.9 Å². The van der Waals surface area contributed by atoms with Crippen molar-refractivity contribution >= 4 is 21.7 Å². The van der Waals surface area contributed by atoms with Gasteiger partial charge in [0.1, 0.15) is 11.4 Å². The van der Waals surface area contributed by atoms with E-state index in [9.17, 15) is 28.5 Å². The average Bonchev–Trinajstić information content (AvgIpc) is 2.76. The molecule has 180 valence electrons. The number of carbonyl (C=O) groups is 1. The van der Waals surface area contributed by atoms with E-state index >= 15 is 0 Å². The van der Waals surface area contributed by atoms with Gasteiger partial charge in [-0.15, -0.1) is 0 Å². The van der Waals surface area contributed by atoms with E-state index < -0.39 is 33.5 Å². The average molecular weight is 485 g/mol. The summed E-state index contributed by atoms with van der Waals surface area (Å²) in [6.07, 6.45) is 1.63. The van der Waals surface area contributed by atoms with Gasteiger partial charge in [-0.05, 0) is 52.8 Å². The molecule has 0 aliphatic rings. The Kier molecular flexibility index (Phi) is 7.48. The first-order chi connectivity index (χ1) is 16.0. The number of nitrogens with two attached hydrogens (primary N) is 1. The molecular formula is C25H28N2O6S. The Hall–Kier alpha value is -3.56. The second kappa shape index (κ2) is 10.1. The zero-order chi connectivity index (χ0) is 25.0. The van der Waals surface area contributed by atoms with Gasteiger partial charge in [-0.1, -0.05) is 49.4 Å². The number of carboxylic acid groups (broad SMARTS) is 1. The number of carboxylic acids is 1. The maximum atomic E-state index is 11.8. The first-order valence-corrected chi connectivity index (χ1v) is 12.6. The fourth-order valence-electron chi connectivity index (χ4n) is 4.11. The molecule has 3 aromatic carbocycles. The summed E-state index contributed by atoms with van der Waals surface area (Å²) in [5.41, 5.74) is 9.81. The maximum absolute atomic E-state index is 11.8. The third kappa shape index (κ3) is 5.67. The molecule has 0 fully saturated rings. The van der Waals surface area contributed by atoms with Gasteiger partial charge in [0.05, 0.1) is 12.7 Å². The van der Waals surface area contributed by atoms with E-state index in [4.69, 9.17) is 5.73 Å². The molecule has 0 saturated heterocycles. The van der Waals surface area contributed by atoms with Crippen molar-refractivity contribution in [2.24, 2.45) is 5.73 Å². The summed E-state index contributed by atoms with van der Waals surface area (Å²) in [6.45, 7) is 1.95. The number of nitrogens with one attached hydrogen (secondary N) is 1. The molecule has 8 nitrogen and oxygen atoms in total. The van der Waals surface area contributed by atoms with Crippen LogP contribution >= 0.6 is 0 Å². The molecule has 0 amide bonds. The van der Waals surface area contributed by atoms with Crippen LogP contribution in [-0.2, 0) is 34.1 Å². The first-order valence-electron chi connectivity index (χ1n) is 10.7. The summed E-state index contributed by atoms with van der Waals surface area (Å²) in [4.78, 5) is 11.6. The molecule has 3 rings (SSSR count). The maximum Gasteiger partial charge on any atom is 0.307 e. The lowest BCUT2D eigenvalue weighted by Gasteiger charge is -2.24. The zero-order valence-corrected chi connectivity index (χ0v) is 19.8. The fourth-order valence-corrected chi connectivity index (χ4v) is 4.68. The fraction of sp³-hybridized carbons (Fsp3) is 0.240. The normalized spacial score (nSPS) is 12.3. The van der Waals surface area contributed by atoms with E-state index in [1.54, 1.807) is 6.07 Å². The number of benzene rings is 3. The highest BCUT2D eigenvalue weighted by Gasteiger charge is 2.25. The molecular weight excluding hydrogens is 456 g/mol. The number of anilines is 1. The minimum Gasteiger partial charge on any atom is -0.506 e. The monoisotopic (exact) mass is 484 g/mol. The van der Waals surface area contributed by atoms with Gasteiger partial charge in [0, 0.05) is 11.6 Å². The molecule has 0 aliphatic heterocycles. The Morgan fingerprint density at radius 3 is 2.26 bits per heavy atom. The van der Waals surface area contributed by atoms with E-state index in [0.717, 1.165) is 17.4 Å². The van der Waals surface area contributed by atoms with E-state index in [2.05, 4.69) is 4.72 Å². The first kappa shape index (κ1) is 25.1. The topological polar surface area (TPSA) is 150 Å². The van der Waals surface area contributed by atoms with Crippen molar-refractivity contribution in [2.75, 3.05) is 11.0 Å². The lowest BCUT2D eigenvalue weighted by molar-refractivity contribution is -0.136.